The van der Waals surface area contributed by atoms with E-state index in [1.165, 1.54) is 22.8 Å². The van der Waals surface area contributed by atoms with E-state index < -0.39 is 23.4 Å². The van der Waals surface area contributed by atoms with E-state index in [9.17, 15) is 14.9 Å². The van der Waals surface area contributed by atoms with Gasteiger partial charge in [-0.1, -0.05) is 32.6 Å². The highest BCUT2D eigenvalue weighted by atomic mass is 19.1. The summed E-state index contributed by atoms with van der Waals surface area (Å²) in [6.07, 6.45) is 2.91. The monoisotopic (exact) mass is 596 g/mol. The second-order valence-electron chi connectivity index (χ2n) is 11.3. The third-order valence-corrected chi connectivity index (χ3v) is 8.28. The molecule has 11 heteroatoms. The van der Waals surface area contributed by atoms with Crippen LogP contribution in [0.15, 0.2) is 54.0 Å². The fourth-order valence-corrected chi connectivity index (χ4v) is 6.27. The third-order valence-electron chi connectivity index (χ3n) is 8.28. The van der Waals surface area contributed by atoms with Crippen LogP contribution in [0.25, 0.3) is 27.7 Å². The Morgan fingerprint density at radius 2 is 2.02 bits per heavy atom. The summed E-state index contributed by atoms with van der Waals surface area (Å²) in [4.78, 5) is 39.1. The van der Waals surface area contributed by atoms with Gasteiger partial charge in [-0.15, -0.1) is 0 Å². The molecule has 0 bridgehead atoms. The minimum Gasteiger partial charge on any atom is -0.486 e. The van der Waals surface area contributed by atoms with Gasteiger partial charge in [0.1, 0.15) is 29.6 Å². The van der Waals surface area contributed by atoms with Gasteiger partial charge >= 0.3 is 5.69 Å². The quantitative estimate of drug-likeness (QED) is 0.293. The number of ether oxygens (including phenoxy) is 1. The molecule has 6 rings (SSSR count). The molecule has 1 saturated heterocycles. The number of benzene rings is 2. The van der Waals surface area contributed by atoms with Gasteiger partial charge in [-0.25, -0.2) is 13.6 Å². The first-order chi connectivity index (χ1) is 21.2. The number of carbonyl (C=O) groups excluding carboxylic acids is 1. The molecule has 0 saturated carbocycles. The Hall–Kier alpha value is -5.11. The number of carbonyl (C=O) groups is 1. The van der Waals surface area contributed by atoms with Crippen LogP contribution in [0.4, 0.5) is 14.6 Å². The minimum atomic E-state index is -0.729. The van der Waals surface area contributed by atoms with Crippen molar-refractivity contribution in [2.24, 2.45) is 0 Å². The molecule has 2 aliphatic heterocycles. The molecule has 0 aliphatic carbocycles. The number of hydrogen-bond acceptors (Lipinski definition) is 7. The van der Waals surface area contributed by atoms with Gasteiger partial charge in [0.25, 0.3) is 0 Å². The van der Waals surface area contributed by atoms with Gasteiger partial charge in [0.15, 0.2) is 5.75 Å². The van der Waals surface area contributed by atoms with Gasteiger partial charge in [0.05, 0.1) is 35.5 Å². The lowest BCUT2D eigenvalue weighted by Gasteiger charge is -2.41. The van der Waals surface area contributed by atoms with Crippen molar-refractivity contribution in [2.45, 2.75) is 45.8 Å². The van der Waals surface area contributed by atoms with Crippen molar-refractivity contribution in [1.29, 1.82) is 5.26 Å². The van der Waals surface area contributed by atoms with Crippen LogP contribution in [-0.4, -0.2) is 51.0 Å². The van der Waals surface area contributed by atoms with E-state index in [1.807, 2.05) is 20.8 Å². The highest BCUT2D eigenvalue weighted by Gasteiger charge is 2.35. The molecule has 1 unspecified atom stereocenters. The minimum absolute atomic E-state index is 0.0276. The molecule has 0 spiro atoms. The lowest BCUT2D eigenvalue weighted by atomic mass is 9.94. The molecule has 2 aromatic heterocycles. The van der Waals surface area contributed by atoms with Crippen molar-refractivity contribution < 1.29 is 18.3 Å². The van der Waals surface area contributed by atoms with Crippen LogP contribution in [-0.2, 0) is 11.4 Å². The number of fused-ring (bicyclic) bond motifs is 5. The second-order valence-corrected chi connectivity index (χ2v) is 11.3. The van der Waals surface area contributed by atoms with Gasteiger partial charge in [-0.05, 0) is 42.7 Å². The maximum Gasteiger partial charge on any atom is 0.354 e. The van der Waals surface area contributed by atoms with E-state index in [-0.39, 0.29) is 78.1 Å². The molecule has 0 N–H and O–H groups in total. The van der Waals surface area contributed by atoms with E-state index in [0.717, 1.165) is 5.56 Å². The molecule has 0 radical (unpaired) electrons. The van der Waals surface area contributed by atoms with Crippen LogP contribution in [0, 0.1) is 29.9 Å². The number of hydrogen-bond donors (Lipinski definition) is 0. The average molecular weight is 597 g/mol. The standard InChI is InChI=1S/C33H30F2N6O3/c1-5-25(42)40-14-13-39(16-21(40)9-11-36)32-22-15-24(35)27-26-20(7-6-8-23(26)34)17-44-31(27)30(22)41(33(43)38-32)29-19(4)10-12-37-28(29)18(2)3/h5-8,10,12,15,18,21H,1,9,13-14,16-17H2,2-4H3. The summed E-state index contributed by atoms with van der Waals surface area (Å²) in [5.41, 5.74) is 1.97. The Labute approximate surface area is 252 Å². The fourth-order valence-electron chi connectivity index (χ4n) is 6.27. The number of amides is 1. The molecule has 2 aromatic carbocycles. The summed E-state index contributed by atoms with van der Waals surface area (Å²) in [5, 5.41) is 9.77. The molecule has 9 nitrogen and oxygen atoms in total. The highest BCUT2D eigenvalue weighted by Crippen LogP contribution is 2.47. The molecule has 1 amide bonds. The van der Waals surface area contributed by atoms with Crippen LogP contribution in [0.3, 0.4) is 0 Å². The first kappa shape index (κ1) is 29.0. The third kappa shape index (κ3) is 4.58. The Balaban J connectivity index is 1.68. The van der Waals surface area contributed by atoms with E-state index in [2.05, 4.69) is 22.6 Å². The molecule has 4 aromatic rings. The van der Waals surface area contributed by atoms with Crippen molar-refractivity contribution in [3.8, 4) is 28.6 Å². The van der Waals surface area contributed by atoms with Gasteiger partial charge in [-0.2, -0.15) is 10.2 Å². The van der Waals surface area contributed by atoms with Crippen molar-refractivity contribution in [1.82, 2.24) is 19.4 Å². The van der Waals surface area contributed by atoms with E-state index in [4.69, 9.17) is 4.74 Å². The Bertz CT molecular complexity index is 1950. The lowest BCUT2D eigenvalue weighted by molar-refractivity contribution is -0.128. The zero-order valence-corrected chi connectivity index (χ0v) is 24.6. The van der Waals surface area contributed by atoms with Gasteiger partial charge in [0.2, 0.25) is 5.91 Å². The summed E-state index contributed by atoms with van der Waals surface area (Å²) in [6.45, 7) is 9.99. The largest absolute Gasteiger partial charge is 0.486 e. The zero-order valence-electron chi connectivity index (χ0n) is 24.6. The van der Waals surface area contributed by atoms with Crippen molar-refractivity contribution >= 4 is 22.6 Å². The van der Waals surface area contributed by atoms with Crippen molar-refractivity contribution in [3.05, 3.63) is 88.1 Å². The Morgan fingerprint density at radius 3 is 2.75 bits per heavy atom. The number of nitriles is 1. The van der Waals surface area contributed by atoms with Crippen molar-refractivity contribution in [3.63, 3.8) is 0 Å². The number of pyridine rings is 1. The van der Waals surface area contributed by atoms with E-state index in [1.54, 1.807) is 34.2 Å². The number of aryl methyl sites for hydroxylation is 1. The maximum atomic E-state index is 16.2. The van der Waals surface area contributed by atoms with E-state index in [0.29, 0.717) is 16.9 Å². The molecule has 2 aliphatic rings. The van der Waals surface area contributed by atoms with Crippen LogP contribution < -0.4 is 15.3 Å². The number of aromatic nitrogens is 3. The zero-order chi connectivity index (χ0) is 31.3. The molecule has 224 valence electrons. The molecule has 4 heterocycles. The van der Waals surface area contributed by atoms with Crippen LogP contribution >= 0.6 is 0 Å². The lowest BCUT2D eigenvalue weighted by Crippen LogP contribution is -2.55. The van der Waals surface area contributed by atoms with Crippen LogP contribution in [0.5, 0.6) is 5.75 Å². The Morgan fingerprint density at radius 1 is 1.23 bits per heavy atom. The van der Waals surface area contributed by atoms with E-state index >= 15 is 8.78 Å². The summed E-state index contributed by atoms with van der Waals surface area (Å²) in [5.74, 6) is -1.49. The SMILES string of the molecule is C=CC(=O)N1CCN(c2nc(=O)n(-c3c(C)ccnc3C(C)C)c3c4c(c(F)cc23)-c2c(F)cccc2CO4)CC1CC#N. The summed E-state index contributed by atoms with van der Waals surface area (Å²) < 4.78 is 39.1. The van der Waals surface area contributed by atoms with Crippen LogP contribution in [0.1, 0.15) is 43.0 Å². The molecule has 44 heavy (non-hydrogen) atoms. The first-order valence-electron chi connectivity index (χ1n) is 14.4. The highest BCUT2D eigenvalue weighted by molar-refractivity contribution is 6.01. The number of rotatable bonds is 5. The maximum absolute atomic E-state index is 16.2. The molecule has 1 fully saturated rings. The fraction of sp³-hybridized carbons (Fsp3) is 0.303. The normalized spacial score (nSPS) is 15.9. The predicted octanol–water partition coefficient (Wildman–Crippen LogP) is 5.17. The number of nitrogens with zero attached hydrogens (tertiary/aromatic N) is 6. The average Bonchev–Trinajstić information content (AvgIpc) is 3.01. The van der Waals surface area contributed by atoms with Gasteiger partial charge in [0, 0.05) is 42.3 Å². The van der Waals surface area contributed by atoms with Crippen molar-refractivity contribution in [2.75, 3.05) is 24.5 Å². The molecular formula is C33H30F2N6O3. The predicted molar refractivity (Wildman–Crippen MR) is 162 cm³/mol. The number of piperazine rings is 1. The molecular weight excluding hydrogens is 566 g/mol. The Kier molecular flexibility index (Phi) is 7.37. The van der Waals surface area contributed by atoms with Gasteiger partial charge < -0.3 is 14.5 Å². The number of anilines is 1. The second kappa shape index (κ2) is 11.2. The summed E-state index contributed by atoms with van der Waals surface area (Å²) >= 11 is 0. The van der Waals surface area contributed by atoms with Crippen LogP contribution in [0.2, 0.25) is 0 Å². The molecule has 1 atom stereocenters. The smallest absolute Gasteiger partial charge is 0.354 e. The summed E-state index contributed by atoms with van der Waals surface area (Å²) in [7, 11) is 0. The number of halogens is 2. The van der Waals surface area contributed by atoms with Gasteiger partial charge in [-0.3, -0.25) is 14.3 Å². The summed E-state index contributed by atoms with van der Waals surface area (Å²) in [6, 6.07) is 9.15. The topological polar surface area (TPSA) is 104 Å². The first-order valence-corrected chi connectivity index (χ1v) is 14.4.